The molecule has 0 spiro atoms. The molecule has 1 aromatic rings. The normalized spacial score (nSPS) is 11.6. The molecule has 0 aliphatic rings. The molecule has 84 valence electrons. The van der Waals surface area contributed by atoms with E-state index in [0.717, 1.165) is 6.20 Å². The van der Waals surface area contributed by atoms with Crippen LogP contribution in [0.4, 0.5) is 0 Å². The second-order valence-corrected chi connectivity index (χ2v) is 3.24. The molecule has 0 aliphatic carbocycles. The molecule has 0 bridgehead atoms. The van der Waals surface area contributed by atoms with Gasteiger partial charge in [-0.25, -0.2) is 4.79 Å². The Balaban J connectivity index is 2.77. The molecule has 5 nitrogen and oxygen atoms in total. The third-order valence-electron chi connectivity index (χ3n) is 1.96. The van der Waals surface area contributed by atoms with Crippen molar-refractivity contribution in [3.8, 4) is 0 Å². The summed E-state index contributed by atoms with van der Waals surface area (Å²) in [5.74, 6) is -1.43. The quantitative estimate of drug-likeness (QED) is 0.744. The van der Waals surface area contributed by atoms with E-state index in [0.29, 0.717) is 0 Å². The highest BCUT2D eigenvalue weighted by molar-refractivity contribution is 5.93. The number of hydrogen-bond acceptors (Lipinski definition) is 3. The summed E-state index contributed by atoms with van der Waals surface area (Å²) in [5, 5.41) is 11.3. The van der Waals surface area contributed by atoms with Crippen LogP contribution in [0.15, 0.2) is 31.0 Å². The number of hydrogen-bond donors (Lipinski definition) is 2. The van der Waals surface area contributed by atoms with E-state index in [-0.39, 0.29) is 23.2 Å². The van der Waals surface area contributed by atoms with E-state index in [9.17, 15) is 9.59 Å². The molecule has 1 rings (SSSR count). The van der Waals surface area contributed by atoms with Crippen molar-refractivity contribution in [2.75, 3.05) is 0 Å². The Morgan fingerprint density at radius 1 is 1.56 bits per heavy atom. The Morgan fingerprint density at radius 3 is 2.69 bits per heavy atom. The third kappa shape index (κ3) is 2.91. The van der Waals surface area contributed by atoms with E-state index in [1.807, 2.05) is 0 Å². The first-order valence-electron chi connectivity index (χ1n) is 4.67. The van der Waals surface area contributed by atoms with Gasteiger partial charge in [0, 0.05) is 12.2 Å². The molecular weight excluding hydrogens is 208 g/mol. The van der Waals surface area contributed by atoms with Crippen LogP contribution in [0.25, 0.3) is 0 Å². The van der Waals surface area contributed by atoms with Crippen LogP contribution in [-0.4, -0.2) is 28.0 Å². The zero-order valence-corrected chi connectivity index (χ0v) is 8.80. The van der Waals surface area contributed by atoms with Crippen molar-refractivity contribution in [3.63, 3.8) is 0 Å². The third-order valence-corrected chi connectivity index (χ3v) is 1.96. The number of carbonyl (C=O) groups excluding carboxylic acids is 1. The van der Waals surface area contributed by atoms with Crippen molar-refractivity contribution in [1.29, 1.82) is 0 Å². The van der Waals surface area contributed by atoms with E-state index in [1.165, 1.54) is 12.1 Å². The first kappa shape index (κ1) is 11.9. The highest BCUT2D eigenvalue weighted by Gasteiger charge is 2.10. The number of pyridine rings is 1. The fourth-order valence-corrected chi connectivity index (χ4v) is 0.994. The number of nitrogens with one attached hydrogen (secondary N) is 1. The number of nitrogens with zero attached hydrogens (tertiary/aromatic N) is 1. The molecule has 5 heteroatoms. The number of aromatic nitrogens is 1. The minimum absolute atomic E-state index is 0.0494. The minimum atomic E-state index is -1.07. The maximum Gasteiger partial charge on any atom is 0.337 e. The number of carboxylic acid groups (broad SMARTS) is 1. The predicted octanol–water partition coefficient (Wildman–Crippen LogP) is 1.08. The number of carbonyl (C=O) groups is 2. The Morgan fingerprint density at radius 2 is 2.25 bits per heavy atom. The number of aromatic carboxylic acids is 1. The van der Waals surface area contributed by atoms with Gasteiger partial charge in [-0.1, -0.05) is 6.08 Å². The monoisotopic (exact) mass is 220 g/mol. The largest absolute Gasteiger partial charge is 0.478 e. The van der Waals surface area contributed by atoms with Gasteiger partial charge in [0.05, 0.1) is 5.56 Å². The smallest absolute Gasteiger partial charge is 0.337 e. The zero-order valence-electron chi connectivity index (χ0n) is 8.80. The average molecular weight is 220 g/mol. The topological polar surface area (TPSA) is 79.3 Å². The highest BCUT2D eigenvalue weighted by Crippen LogP contribution is 2.00. The van der Waals surface area contributed by atoms with Crippen molar-refractivity contribution in [2.24, 2.45) is 0 Å². The van der Waals surface area contributed by atoms with E-state index in [4.69, 9.17) is 5.11 Å². The molecule has 0 radical (unpaired) electrons. The summed E-state index contributed by atoms with van der Waals surface area (Å²) in [6, 6.07) is 2.55. The zero-order chi connectivity index (χ0) is 12.1. The van der Waals surface area contributed by atoms with Gasteiger partial charge in [0.25, 0.3) is 5.91 Å². The van der Waals surface area contributed by atoms with Crippen LogP contribution in [-0.2, 0) is 0 Å². The maximum atomic E-state index is 11.5. The number of carboxylic acids is 1. The summed E-state index contributed by atoms with van der Waals surface area (Å²) in [7, 11) is 0. The Kier molecular flexibility index (Phi) is 3.77. The second-order valence-electron chi connectivity index (χ2n) is 3.24. The predicted molar refractivity (Wildman–Crippen MR) is 58.3 cm³/mol. The van der Waals surface area contributed by atoms with Gasteiger partial charge in [-0.3, -0.25) is 9.78 Å². The van der Waals surface area contributed by atoms with Gasteiger partial charge < -0.3 is 10.4 Å². The van der Waals surface area contributed by atoms with Gasteiger partial charge >= 0.3 is 5.97 Å². The molecule has 0 saturated carbocycles. The lowest BCUT2D eigenvalue weighted by Gasteiger charge is -2.08. The summed E-state index contributed by atoms with van der Waals surface area (Å²) in [5.41, 5.74) is 0.229. The van der Waals surface area contributed by atoms with Crippen molar-refractivity contribution in [1.82, 2.24) is 10.3 Å². The van der Waals surface area contributed by atoms with Gasteiger partial charge in [-0.2, -0.15) is 0 Å². The molecule has 1 atom stereocenters. The molecule has 1 unspecified atom stereocenters. The van der Waals surface area contributed by atoms with E-state index >= 15 is 0 Å². The Bertz CT molecular complexity index is 412. The van der Waals surface area contributed by atoms with Crippen LogP contribution < -0.4 is 5.32 Å². The van der Waals surface area contributed by atoms with Crippen LogP contribution in [0.3, 0.4) is 0 Å². The summed E-state index contributed by atoms with van der Waals surface area (Å²) in [6.07, 6.45) is 2.74. The lowest BCUT2D eigenvalue weighted by atomic mass is 10.2. The van der Waals surface area contributed by atoms with Gasteiger partial charge in [0.2, 0.25) is 0 Å². The summed E-state index contributed by atoms with van der Waals surface area (Å²) in [4.78, 5) is 25.8. The van der Waals surface area contributed by atoms with Crippen molar-refractivity contribution in [3.05, 3.63) is 42.2 Å². The Labute approximate surface area is 92.8 Å². The van der Waals surface area contributed by atoms with Gasteiger partial charge in [0.1, 0.15) is 5.69 Å². The van der Waals surface area contributed by atoms with E-state index in [2.05, 4.69) is 16.9 Å². The summed E-state index contributed by atoms with van der Waals surface area (Å²) in [6.45, 7) is 5.31. The Hall–Kier alpha value is -2.17. The molecular formula is C11H12N2O3. The lowest BCUT2D eigenvalue weighted by Crippen LogP contribution is -2.31. The van der Waals surface area contributed by atoms with Crippen LogP contribution in [0, 0.1) is 0 Å². The maximum absolute atomic E-state index is 11.5. The van der Waals surface area contributed by atoms with Crippen molar-refractivity contribution < 1.29 is 14.7 Å². The highest BCUT2D eigenvalue weighted by atomic mass is 16.4. The first-order valence-corrected chi connectivity index (χ1v) is 4.67. The molecule has 1 aromatic heterocycles. The molecule has 1 amide bonds. The average Bonchev–Trinajstić information content (AvgIpc) is 2.28. The van der Waals surface area contributed by atoms with Crippen molar-refractivity contribution in [2.45, 2.75) is 13.0 Å². The molecule has 0 aromatic carbocycles. The summed E-state index contributed by atoms with van der Waals surface area (Å²) >= 11 is 0. The molecule has 0 aliphatic heterocycles. The molecule has 0 fully saturated rings. The number of amides is 1. The standard InChI is InChI=1S/C11H12N2O3/c1-3-7(2)13-10(14)9-5-4-8(6-12-9)11(15)16/h3-7H,1H2,2H3,(H,13,14)(H,15,16). The number of rotatable bonds is 4. The summed E-state index contributed by atoms with van der Waals surface area (Å²) < 4.78 is 0. The van der Waals surface area contributed by atoms with Crippen LogP contribution in [0.2, 0.25) is 0 Å². The molecule has 2 N–H and O–H groups in total. The lowest BCUT2D eigenvalue weighted by molar-refractivity contribution is 0.0695. The first-order chi connectivity index (χ1) is 7.54. The van der Waals surface area contributed by atoms with Gasteiger partial charge in [0.15, 0.2) is 0 Å². The van der Waals surface area contributed by atoms with Crippen molar-refractivity contribution >= 4 is 11.9 Å². The van der Waals surface area contributed by atoms with Crippen LogP contribution in [0.1, 0.15) is 27.8 Å². The van der Waals surface area contributed by atoms with Gasteiger partial charge in [-0.05, 0) is 19.1 Å². The fraction of sp³-hybridized carbons (Fsp3) is 0.182. The van der Waals surface area contributed by atoms with E-state index < -0.39 is 5.97 Å². The fourth-order valence-electron chi connectivity index (χ4n) is 0.994. The van der Waals surface area contributed by atoms with Crippen LogP contribution in [0.5, 0.6) is 0 Å². The second kappa shape index (κ2) is 5.06. The van der Waals surface area contributed by atoms with Crippen LogP contribution >= 0.6 is 0 Å². The molecule has 1 heterocycles. The van der Waals surface area contributed by atoms with Gasteiger partial charge in [-0.15, -0.1) is 6.58 Å². The molecule has 16 heavy (non-hydrogen) atoms. The SMILES string of the molecule is C=CC(C)NC(=O)c1ccc(C(=O)O)cn1. The molecule has 0 saturated heterocycles. The van der Waals surface area contributed by atoms with E-state index in [1.54, 1.807) is 13.0 Å². The minimum Gasteiger partial charge on any atom is -0.478 e.